The van der Waals surface area contributed by atoms with E-state index in [4.69, 9.17) is 9.47 Å². The lowest BCUT2D eigenvalue weighted by atomic mass is 9.95. The van der Waals surface area contributed by atoms with Crippen LogP contribution in [0.3, 0.4) is 0 Å². The number of nitrogens with zero attached hydrogens (tertiary/aromatic N) is 2. The Morgan fingerprint density at radius 2 is 1.88 bits per heavy atom. The standard InChI is InChI=1S/C19H26N2O4S/c22-17(13-15-3-2-12-26-15)21-7-1-4-16(21)18(23)20-8-5-14(6-9-20)19-24-10-11-25-19/h2-3,12,14,16,19H,1,4-11,13H2. The van der Waals surface area contributed by atoms with Gasteiger partial charge in [-0.05, 0) is 37.1 Å². The van der Waals surface area contributed by atoms with Crippen molar-refractivity contribution in [2.45, 2.75) is 44.4 Å². The van der Waals surface area contributed by atoms with Gasteiger partial charge < -0.3 is 19.3 Å². The van der Waals surface area contributed by atoms with Crippen LogP contribution in [-0.2, 0) is 25.5 Å². The average Bonchev–Trinajstić information content (AvgIpc) is 3.42. The second kappa shape index (κ2) is 8.06. The van der Waals surface area contributed by atoms with Crippen molar-refractivity contribution in [3.05, 3.63) is 22.4 Å². The highest BCUT2D eigenvalue weighted by molar-refractivity contribution is 7.10. The first kappa shape index (κ1) is 17.9. The Bertz CT molecular complexity index is 621. The monoisotopic (exact) mass is 378 g/mol. The van der Waals surface area contributed by atoms with E-state index in [0.717, 1.165) is 43.6 Å². The molecule has 1 aromatic heterocycles. The number of ether oxygens (including phenoxy) is 2. The number of thiophene rings is 1. The molecular formula is C19H26N2O4S. The third kappa shape index (κ3) is 3.80. The quantitative estimate of drug-likeness (QED) is 0.803. The lowest BCUT2D eigenvalue weighted by Gasteiger charge is -2.36. The lowest BCUT2D eigenvalue weighted by Crippen LogP contribution is -2.51. The largest absolute Gasteiger partial charge is 0.350 e. The predicted molar refractivity (Wildman–Crippen MR) is 97.8 cm³/mol. The maximum atomic E-state index is 13.0. The van der Waals surface area contributed by atoms with E-state index in [9.17, 15) is 9.59 Å². The molecule has 0 aromatic carbocycles. The minimum atomic E-state index is -0.280. The molecule has 0 saturated carbocycles. The Labute approximate surface area is 158 Å². The number of hydrogen-bond donors (Lipinski definition) is 0. The Balaban J connectivity index is 1.32. The number of carbonyl (C=O) groups is 2. The van der Waals surface area contributed by atoms with Gasteiger partial charge in [0.2, 0.25) is 11.8 Å². The summed E-state index contributed by atoms with van der Waals surface area (Å²) in [5.74, 6) is 0.571. The van der Waals surface area contributed by atoms with Crippen molar-refractivity contribution in [2.24, 2.45) is 5.92 Å². The van der Waals surface area contributed by atoms with Gasteiger partial charge in [0.05, 0.1) is 19.6 Å². The normalized spacial score (nSPS) is 25.2. The predicted octanol–water partition coefficient (Wildman–Crippen LogP) is 1.89. The van der Waals surface area contributed by atoms with E-state index in [1.165, 1.54) is 0 Å². The van der Waals surface area contributed by atoms with E-state index >= 15 is 0 Å². The second-order valence-corrected chi connectivity index (χ2v) is 8.31. The zero-order chi connectivity index (χ0) is 17.9. The summed E-state index contributed by atoms with van der Waals surface area (Å²) >= 11 is 1.59. The summed E-state index contributed by atoms with van der Waals surface area (Å²) in [6.07, 6.45) is 3.82. The molecule has 3 aliphatic heterocycles. The lowest BCUT2D eigenvalue weighted by molar-refractivity contribution is -0.146. The molecule has 0 radical (unpaired) electrons. The molecule has 1 unspecified atom stereocenters. The van der Waals surface area contributed by atoms with Gasteiger partial charge in [0, 0.05) is 30.4 Å². The minimum absolute atomic E-state index is 0.0749. The second-order valence-electron chi connectivity index (χ2n) is 7.27. The zero-order valence-electron chi connectivity index (χ0n) is 15.0. The molecule has 4 heterocycles. The minimum Gasteiger partial charge on any atom is -0.350 e. The van der Waals surface area contributed by atoms with Crippen LogP contribution in [0.4, 0.5) is 0 Å². The Hall–Kier alpha value is -1.44. The van der Waals surface area contributed by atoms with E-state index in [1.54, 1.807) is 16.2 Å². The SMILES string of the molecule is O=C(C1CCCN1C(=O)Cc1cccs1)N1CCC(C2OCCO2)CC1. The Morgan fingerprint density at radius 3 is 2.58 bits per heavy atom. The first-order valence-electron chi connectivity index (χ1n) is 9.56. The number of carbonyl (C=O) groups excluding carboxylic acids is 2. The fourth-order valence-electron chi connectivity index (χ4n) is 4.24. The smallest absolute Gasteiger partial charge is 0.245 e. The third-order valence-corrected chi connectivity index (χ3v) is 6.52. The van der Waals surface area contributed by atoms with Gasteiger partial charge in [-0.3, -0.25) is 9.59 Å². The summed E-state index contributed by atoms with van der Waals surface area (Å²) in [7, 11) is 0. The highest BCUT2D eigenvalue weighted by Gasteiger charge is 2.38. The molecule has 142 valence electrons. The first-order valence-corrected chi connectivity index (χ1v) is 10.4. The number of rotatable bonds is 4. The zero-order valence-corrected chi connectivity index (χ0v) is 15.8. The van der Waals surface area contributed by atoms with Crippen LogP contribution in [0.1, 0.15) is 30.6 Å². The van der Waals surface area contributed by atoms with E-state index in [1.807, 2.05) is 22.4 Å². The highest BCUT2D eigenvalue weighted by atomic mass is 32.1. The first-order chi connectivity index (χ1) is 12.7. The van der Waals surface area contributed by atoms with E-state index in [0.29, 0.717) is 32.1 Å². The van der Waals surface area contributed by atoms with Crippen LogP contribution in [0.25, 0.3) is 0 Å². The third-order valence-electron chi connectivity index (χ3n) is 5.65. The van der Waals surface area contributed by atoms with E-state index < -0.39 is 0 Å². The van der Waals surface area contributed by atoms with Gasteiger partial charge in [0.15, 0.2) is 6.29 Å². The van der Waals surface area contributed by atoms with Crippen molar-refractivity contribution in [3.63, 3.8) is 0 Å². The van der Waals surface area contributed by atoms with Gasteiger partial charge in [0.25, 0.3) is 0 Å². The molecule has 0 spiro atoms. The summed E-state index contributed by atoms with van der Waals surface area (Å²) in [6, 6.07) is 3.66. The van der Waals surface area contributed by atoms with E-state index in [-0.39, 0.29) is 24.1 Å². The van der Waals surface area contributed by atoms with Gasteiger partial charge in [-0.2, -0.15) is 0 Å². The van der Waals surface area contributed by atoms with Crippen LogP contribution in [0.15, 0.2) is 17.5 Å². The topological polar surface area (TPSA) is 59.1 Å². The molecule has 3 fully saturated rings. The van der Waals surface area contributed by atoms with Crippen LogP contribution >= 0.6 is 11.3 Å². The molecule has 3 aliphatic rings. The molecule has 0 aliphatic carbocycles. The van der Waals surface area contributed by atoms with Gasteiger partial charge in [-0.25, -0.2) is 0 Å². The molecule has 4 rings (SSSR count). The summed E-state index contributed by atoms with van der Waals surface area (Å²) in [4.78, 5) is 30.5. The highest BCUT2D eigenvalue weighted by Crippen LogP contribution is 2.28. The van der Waals surface area contributed by atoms with Gasteiger partial charge in [-0.1, -0.05) is 6.07 Å². The number of amides is 2. The molecule has 6 nitrogen and oxygen atoms in total. The van der Waals surface area contributed by atoms with Crippen LogP contribution in [-0.4, -0.2) is 66.8 Å². The van der Waals surface area contributed by atoms with Gasteiger partial charge in [-0.15, -0.1) is 11.3 Å². The average molecular weight is 378 g/mol. The molecule has 7 heteroatoms. The molecule has 3 saturated heterocycles. The summed E-state index contributed by atoms with van der Waals surface area (Å²) in [6.45, 7) is 3.51. The summed E-state index contributed by atoms with van der Waals surface area (Å²) in [5, 5.41) is 1.98. The fraction of sp³-hybridized carbons (Fsp3) is 0.684. The van der Waals surface area contributed by atoms with E-state index in [2.05, 4.69) is 0 Å². The van der Waals surface area contributed by atoms with Crippen LogP contribution in [0.2, 0.25) is 0 Å². The van der Waals surface area contributed by atoms with Crippen LogP contribution in [0.5, 0.6) is 0 Å². The maximum Gasteiger partial charge on any atom is 0.245 e. The van der Waals surface area contributed by atoms with Gasteiger partial charge >= 0.3 is 0 Å². The number of piperidine rings is 1. The van der Waals surface area contributed by atoms with Crippen molar-refractivity contribution in [1.82, 2.24) is 9.80 Å². The number of likely N-dealkylation sites (tertiary alicyclic amines) is 2. The molecule has 0 bridgehead atoms. The van der Waals surface area contributed by atoms with Crippen molar-refractivity contribution < 1.29 is 19.1 Å². The molecule has 2 amide bonds. The number of hydrogen-bond acceptors (Lipinski definition) is 5. The molecular weight excluding hydrogens is 352 g/mol. The fourth-order valence-corrected chi connectivity index (χ4v) is 4.93. The van der Waals surface area contributed by atoms with Crippen molar-refractivity contribution in [1.29, 1.82) is 0 Å². The van der Waals surface area contributed by atoms with Crippen molar-refractivity contribution in [2.75, 3.05) is 32.8 Å². The molecule has 26 heavy (non-hydrogen) atoms. The van der Waals surface area contributed by atoms with Crippen LogP contribution < -0.4 is 0 Å². The Morgan fingerprint density at radius 1 is 1.12 bits per heavy atom. The molecule has 1 aromatic rings. The van der Waals surface area contributed by atoms with Crippen molar-refractivity contribution >= 4 is 23.2 Å². The van der Waals surface area contributed by atoms with Crippen LogP contribution in [0, 0.1) is 5.92 Å². The molecule has 1 atom stereocenters. The summed E-state index contributed by atoms with van der Waals surface area (Å²) in [5.41, 5.74) is 0. The maximum absolute atomic E-state index is 13.0. The molecule has 0 N–H and O–H groups in total. The Kier molecular flexibility index (Phi) is 5.57. The van der Waals surface area contributed by atoms with Crippen molar-refractivity contribution in [3.8, 4) is 0 Å². The summed E-state index contributed by atoms with van der Waals surface area (Å²) < 4.78 is 11.2. The van der Waals surface area contributed by atoms with Gasteiger partial charge in [0.1, 0.15) is 6.04 Å².